The van der Waals surface area contributed by atoms with E-state index in [4.69, 9.17) is 11.6 Å². The largest absolute Gasteiger partial charge is 0.481 e. The molecule has 3 aromatic rings. The number of carboxylic acid groups (broad SMARTS) is 1. The number of aryl methyl sites for hydroxylation is 1. The number of para-hydroxylation sites is 1. The summed E-state index contributed by atoms with van der Waals surface area (Å²) in [5.41, 5.74) is 1.57. The molecular formula is C18H14ClNO4S2. The molecule has 2 heterocycles. The number of nitrogens with zero attached hydrogens (tertiary/aromatic N) is 1. The Hall–Kier alpha value is -2.09. The molecule has 0 saturated carbocycles. The van der Waals surface area contributed by atoms with Gasteiger partial charge in [-0.25, -0.2) is 8.42 Å². The fraction of sp³-hybridized carbons (Fsp3) is 0.167. The van der Waals surface area contributed by atoms with E-state index in [1.807, 2.05) is 0 Å². The Labute approximate surface area is 159 Å². The summed E-state index contributed by atoms with van der Waals surface area (Å²) in [6, 6.07) is 12.0. The minimum atomic E-state index is -3.88. The zero-order valence-corrected chi connectivity index (χ0v) is 16.0. The Morgan fingerprint density at radius 2 is 2.00 bits per heavy atom. The third-order valence-electron chi connectivity index (χ3n) is 4.61. The summed E-state index contributed by atoms with van der Waals surface area (Å²) >= 11 is 7.22. The molecule has 1 aliphatic heterocycles. The van der Waals surface area contributed by atoms with E-state index in [1.54, 1.807) is 49.4 Å². The maximum Gasteiger partial charge on any atom is 0.312 e. The third-order valence-corrected chi connectivity index (χ3v) is 8.49. The van der Waals surface area contributed by atoms with E-state index in [1.165, 1.54) is 15.6 Å². The number of aliphatic carboxylic acids is 1. The topological polar surface area (TPSA) is 74.7 Å². The first kappa shape index (κ1) is 17.3. The first-order valence-electron chi connectivity index (χ1n) is 7.84. The van der Waals surface area contributed by atoms with E-state index >= 15 is 0 Å². The molecule has 1 aromatic heterocycles. The van der Waals surface area contributed by atoms with Crippen LogP contribution in [0.15, 0.2) is 46.7 Å². The highest BCUT2D eigenvalue weighted by Crippen LogP contribution is 2.43. The van der Waals surface area contributed by atoms with E-state index in [2.05, 4.69) is 0 Å². The number of anilines is 1. The van der Waals surface area contributed by atoms with Gasteiger partial charge in [0.05, 0.1) is 12.2 Å². The molecule has 1 N–H and O–H groups in total. The van der Waals surface area contributed by atoms with Crippen molar-refractivity contribution < 1.29 is 18.3 Å². The normalized spacial score (nSPS) is 16.8. The van der Waals surface area contributed by atoms with Gasteiger partial charge in [0.15, 0.2) is 0 Å². The van der Waals surface area contributed by atoms with Crippen LogP contribution < -0.4 is 4.31 Å². The number of hydrogen-bond donors (Lipinski definition) is 1. The molecular weight excluding hydrogens is 394 g/mol. The van der Waals surface area contributed by atoms with Gasteiger partial charge in [-0.2, -0.15) is 0 Å². The summed E-state index contributed by atoms with van der Waals surface area (Å²) in [5, 5.41) is 10.8. The number of benzene rings is 2. The molecule has 5 nitrogen and oxygen atoms in total. The van der Waals surface area contributed by atoms with Crippen molar-refractivity contribution in [2.45, 2.75) is 17.1 Å². The Kier molecular flexibility index (Phi) is 3.98. The van der Waals surface area contributed by atoms with Gasteiger partial charge in [-0.15, -0.1) is 11.3 Å². The lowest BCUT2D eigenvalue weighted by Crippen LogP contribution is -2.31. The van der Waals surface area contributed by atoms with Crippen LogP contribution in [0.5, 0.6) is 0 Å². The second kappa shape index (κ2) is 5.97. The number of fused-ring (bicyclic) bond motifs is 2. The Morgan fingerprint density at radius 3 is 2.73 bits per heavy atom. The molecule has 2 aromatic carbocycles. The van der Waals surface area contributed by atoms with Gasteiger partial charge in [-0.3, -0.25) is 9.10 Å². The number of halogens is 1. The van der Waals surface area contributed by atoms with E-state index in [0.29, 0.717) is 21.8 Å². The van der Waals surface area contributed by atoms with Crippen LogP contribution in [0.4, 0.5) is 5.69 Å². The van der Waals surface area contributed by atoms with Crippen molar-refractivity contribution in [3.63, 3.8) is 0 Å². The molecule has 0 saturated heterocycles. The van der Waals surface area contributed by atoms with Gasteiger partial charge in [0, 0.05) is 9.72 Å². The van der Waals surface area contributed by atoms with Crippen molar-refractivity contribution in [2.75, 3.05) is 10.8 Å². The van der Waals surface area contributed by atoms with Gasteiger partial charge in [-0.05, 0) is 47.7 Å². The SMILES string of the molecule is Cc1c(S(=O)(=O)N2CC(C(=O)O)c3ccccc32)sc2ccc(Cl)cc12. The van der Waals surface area contributed by atoms with Crippen LogP contribution in [0.2, 0.25) is 5.02 Å². The molecule has 0 radical (unpaired) electrons. The highest BCUT2D eigenvalue weighted by molar-refractivity contribution is 7.95. The van der Waals surface area contributed by atoms with Crippen LogP contribution in [0, 0.1) is 6.92 Å². The summed E-state index contributed by atoms with van der Waals surface area (Å²) in [6.45, 7) is 1.64. The Morgan fingerprint density at radius 1 is 1.27 bits per heavy atom. The summed E-state index contributed by atoms with van der Waals surface area (Å²) < 4.78 is 29.0. The highest BCUT2D eigenvalue weighted by Gasteiger charge is 2.41. The number of carbonyl (C=O) groups is 1. The average molecular weight is 408 g/mol. The fourth-order valence-corrected chi connectivity index (χ4v) is 6.85. The second-order valence-corrected chi connectivity index (χ2v) is 9.69. The summed E-state index contributed by atoms with van der Waals surface area (Å²) in [4.78, 5) is 11.6. The third kappa shape index (κ3) is 2.50. The molecule has 0 aliphatic carbocycles. The molecule has 1 atom stereocenters. The lowest BCUT2D eigenvalue weighted by atomic mass is 10.0. The second-order valence-electron chi connectivity index (χ2n) is 6.14. The van der Waals surface area contributed by atoms with Gasteiger partial charge < -0.3 is 5.11 Å². The van der Waals surface area contributed by atoms with Crippen LogP contribution >= 0.6 is 22.9 Å². The van der Waals surface area contributed by atoms with Crippen LogP contribution in [0.3, 0.4) is 0 Å². The Bertz CT molecular complexity index is 1150. The maximum atomic E-state index is 13.4. The average Bonchev–Trinajstić information content (AvgIpc) is 3.15. The number of hydrogen-bond acceptors (Lipinski definition) is 4. The van der Waals surface area contributed by atoms with Crippen molar-refractivity contribution in [3.8, 4) is 0 Å². The van der Waals surface area contributed by atoms with E-state index in [9.17, 15) is 18.3 Å². The molecule has 4 rings (SSSR count). The highest BCUT2D eigenvalue weighted by atomic mass is 35.5. The Balaban J connectivity index is 1.88. The van der Waals surface area contributed by atoms with Crippen LogP contribution in [-0.2, 0) is 14.8 Å². The van der Waals surface area contributed by atoms with Crippen molar-refractivity contribution in [2.24, 2.45) is 0 Å². The van der Waals surface area contributed by atoms with E-state index in [0.717, 1.165) is 10.1 Å². The van der Waals surface area contributed by atoms with Gasteiger partial charge in [-0.1, -0.05) is 29.8 Å². The fourth-order valence-electron chi connectivity index (χ4n) is 3.33. The molecule has 26 heavy (non-hydrogen) atoms. The first-order valence-corrected chi connectivity index (χ1v) is 10.5. The van der Waals surface area contributed by atoms with Crippen molar-refractivity contribution in [1.29, 1.82) is 0 Å². The van der Waals surface area contributed by atoms with E-state index < -0.39 is 21.9 Å². The van der Waals surface area contributed by atoms with Gasteiger partial charge in [0.25, 0.3) is 10.0 Å². The van der Waals surface area contributed by atoms with Crippen LogP contribution in [0.1, 0.15) is 17.0 Å². The minimum absolute atomic E-state index is 0.106. The summed E-state index contributed by atoms with van der Waals surface area (Å²) in [6.07, 6.45) is 0. The molecule has 0 amide bonds. The van der Waals surface area contributed by atoms with Crippen molar-refractivity contribution in [3.05, 3.63) is 58.6 Å². The summed E-state index contributed by atoms with van der Waals surface area (Å²) in [5.74, 6) is -1.90. The van der Waals surface area contributed by atoms with Crippen LogP contribution in [-0.4, -0.2) is 26.0 Å². The molecule has 0 bridgehead atoms. The summed E-state index contributed by atoms with van der Waals surface area (Å²) in [7, 11) is -3.88. The molecule has 0 spiro atoms. The molecule has 134 valence electrons. The van der Waals surface area contributed by atoms with Crippen molar-refractivity contribution >= 4 is 54.7 Å². The molecule has 0 fully saturated rings. The zero-order valence-electron chi connectivity index (χ0n) is 13.6. The number of sulfonamides is 1. The number of thiophene rings is 1. The van der Waals surface area contributed by atoms with Gasteiger partial charge in [0.1, 0.15) is 10.1 Å². The van der Waals surface area contributed by atoms with Gasteiger partial charge >= 0.3 is 5.97 Å². The van der Waals surface area contributed by atoms with Crippen LogP contribution in [0.25, 0.3) is 10.1 Å². The minimum Gasteiger partial charge on any atom is -0.481 e. The monoisotopic (exact) mass is 407 g/mol. The number of rotatable bonds is 3. The molecule has 1 aliphatic rings. The quantitative estimate of drug-likeness (QED) is 0.704. The van der Waals surface area contributed by atoms with Gasteiger partial charge in [0.2, 0.25) is 0 Å². The lowest BCUT2D eigenvalue weighted by molar-refractivity contribution is -0.138. The standard InChI is InChI=1S/C18H14ClNO4S2/c1-10-13-8-11(19)6-7-16(13)25-18(10)26(23,24)20-9-14(17(21)22)12-4-2-3-5-15(12)20/h2-8,14H,9H2,1H3,(H,21,22). The smallest absolute Gasteiger partial charge is 0.312 e. The number of carboxylic acids is 1. The molecule has 8 heteroatoms. The van der Waals surface area contributed by atoms with Crippen molar-refractivity contribution in [1.82, 2.24) is 0 Å². The van der Waals surface area contributed by atoms with E-state index in [-0.39, 0.29) is 10.8 Å². The maximum absolute atomic E-state index is 13.4. The molecule has 1 unspecified atom stereocenters. The predicted molar refractivity (Wildman–Crippen MR) is 103 cm³/mol. The first-order chi connectivity index (χ1) is 12.3. The lowest BCUT2D eigenvalue weighted by Gasteiger charge is -2.19. The predicted octanol–water partition coefficient (Wildman–Crippen LogP) is 4.24. The zero-order chi connectivity index (χ0) is 18.6.